The molecule has 0 saturated heterocycles. The van der Waals surface area contributed by atoms with Crippen LogP contribution in [-0.4, -0.2) is 43.6 Å². The van der Waals surface area contributed by atoms with Crippen molar-refractivity contribution in [2.24, 2.45) is 0 Å². The lowest BCUT2D eigenvalue weighted by atomic mass is 10.2. The topological polar surface area (TPSA) is 79.1 Å². The summed E-state index contributed by atoms with van der Waals surface area (Å²) in [5, 5.41) is 9.98. The van der Waals surface area contributed by atoms with E-state index in [0.29, 0.717) is 36.1 Å². The molecule has 0 radical (unpaired) electrons. The molecule has 0 spiro atoms. The van der Waals surface area contributed by atoms with E-state index in [2.05, 4.69) is 49.9 Å². The molecule has 6 nitrogen and oxygen atoms in total. The van der Waals surface area contributed by atoms with Crippen LogP contribution in [0.3, 0.4) is 0 Å². The first-order chi connectivity index (χ1) is 11.5. The van der Waals surface area contributed by atoms with Gasteiger partial charge in [-0.25, -0.2) is 9.97 Å². The number of hydrogen-bond acceptors (Lipinski definition) is 6. The molecule has 1 amide bonds. The number of carbonyl (C=O) groups excluding carboxylic acids is 1. The summed E-state index contributed by atoms with van der Waals surface area (Å²) in [4.78, 5) is 22.1. The second kappa shape index (κ2) is 8.78. The van der Waals surface area contributed by atoms with Crippen LogP contribution in [0.5, 0.6) is 0 Å². The summed E-state index contributed by atoms with van der Waals surface area (Å²) < 4.78 is 6.16. The van der Waals surface area contributed by atoms with Crippen LogP contribution in [0.25, 0.3) is 0 Å². The average molecular weight is 381 g/mol. The van der Waals surface area contributed by atoms with E-state index in [1.807, 2.05) is 6.26 Å². The third-order valence-electron chi connectivity index (χ3n) is 4.48. The van der Waals surface area contributed by atoms with Crippen molar-refractivity contribution in [1.82, 2.24) is 9.97 Å². The largest absolute Gasteiger partial charge is 0.417 e. The van der Waals surface area contributed by atoms with Crippen molar-refractivity contribution < 1.29 is 9.22 Å². The Morgan fingerprint density at radius 2 is 2.08 bits per heavy atom. The van der Waals surface area contributed by atoms with E-state index in [1.165, 1.54) is 29.8 Å². The fraction of sp³-hybridized carbons (Fsp3) is 0.647. The Morgan fingerprint density at radius 1 is 1.44 bits per heavy atom. The first-order valence-corrected chi connectivity index (χ1v) is 12.4. The molecule has 8 heteroatoms. The zero-order valence-corrected chi connectivity index (χ0v) is 18.0. The maximum atomic E-state index is 12.1. The monoisotopic (exact) mass is 380 g/mol. The minimum Gasteiger partial charge on any atom is -0.417 e. The Labute approximate surface area is 156 Å². The van der Waals surface area contributed by atoms with Gasteiger partial charge in [0.25, 0.3) is 0 Å². The van der Waals surface area contributed by atoms with Gasteiger partial charge in [-0.3, -0.25) is 9.69 Å². The molecule has 0 atom stereocenters. The summed E-state index contributed by atoms with van der Waals surface area (Å²) in [6.07, 6.45) is 4.02. The van der Waals surface area contributed by atoms with E-state index < -0.39 is 8.32 Å². The molecule has 0 aromatic carbocycles. The van der Waals surface area contributed by atoms with Gasteiger partial charge in [0.2, 0.25) is 5.91 Å². The van der Waals surface area contributed by atoms with Gasteiger partial charge in [-0.2, -0.15) is 5.26 Å². The Kier molecular flexibility index (Phi) is 7.59. The van der Waals surface area contributed by atoms with Crippen molar-refractivity contribution in [2.75, 3.05) is 24.3 Å². The van der Waals surface area contributed by atoms with Gasteiger partial charge < -0.3 is 4.43 Å². The predicted molar refractivity (Wildman–Crippen MR) is 104 cm³/mol. The average Bonchev–Trinajstić information content (AvgIpc) is 2.52. The van der Waals surface area contributed by atoms with Crippen LogP contribution in [0.15, 0.2) is 11.4 Å². The molecule has 1 heterocycles. The molecule has 1 aromatic heterocycles. The van der Waals surface area contributed by atoms with E-state index >= 15 is 0 Å². The quantitative estimate of drug-likeness (QED) is 0.309. The first-order valence-electron chi connectivity index (χ1n) is 8.26. The third kappa shape index (κ3) is 5.80. The Morgan fingerprint density at radius 3 is 2.56 bits per heavy atom. The molecule has 0 bridgehead atoms. The minimum absolute atomic E-state index is 0.144. The molecule has 0 aliphatic heterocycles. The van der Waals surface area contributed by atoms with E-state index in [4.69, 9.17) is 4.43 Å². The normalized spacial score (nSPS) is 11.9. The lowest BCUT2D eigenvalue weighted by Gasteiger charge is -2.36. The van der Waals surface area contributed by atoms with Crippen molar-refractivity contribution in [2.45, 2.75) is 57.4 Å². The lowest BCUT2D eigenvalue weighted by Crippen LogP contribution is -2.41. The summed E-state index contributed by atoms with van der Waals surface area (Å²) in [7, 11) is -1.80. The summed E-state index contributed by atoms with van der Waals surface area (Å²) in [5.41, 5.74) is 0.304. The summed E-state index contributed by atoms with van der Waals surface area (Å²) in [6.45, 7) is 13.5. The number of rotatable bonds is 7. The Bertz CT molecular complexity index is 653. The first kappa shape index (κ1) is 21.6. The molecular formula is C17H28N4O2SSi. The summed E-state index contributed by atoms with van der Waals surface area (Å²) >= 11 is 1.38. The van der Waals surface area contributed by atoms with Crippen molar-refractivity contribution in [3.05, 3.63) is 11.8 Å². The highest BCUT2D eigenvalue weighted by atomic mass is 32.2. The van der Waals surface area contributed by atoms with Crippen LogP contribution in [-0.2, 0) is 9.22 Å². The molecule has 0 unspecified atom stereocenters. The van der Waals surface area contributed by atoms with E-state index in [0.717, 1.165) is 0 Å². The molecule has 0 N–H and O–H groups in total. The molecule has 0 aliphatic carbocycles. The number of nitriles is 1. The van der Waals surface area contributed by atoms with Crippen molar-refractivity contribution in [3.8, 4) is 6.07 Å². The summed E-state index contributed by atoms with van der Waals surface area (Å²) in [6, 6.07) is 2.06. The maximum Gasteiger partial charge on any atom is 0.225 e. The molecule has 1 rings (SSSR count). The zero-order chi connectivity index (χ0) is 19.3. The molecule has 1 aromatic rings. The second-order valence-electron chi connectivity index (χ2n) is 7.34. The van der Waals surface area contributed by atoms with Gasteiger partial charge in [0.05, 0.1) is 6.20 Å². The van der Waals surface area contributed by atoms with E-state index in [9.17, 15) is 10.1 Å². The van der Waals surface area contributed by atoms with E-state index in [-0.39, 0.29) is 10.9 Å². The van der Waals surface area contributed by atoms with E-state index in [1.54, 1.807) is 0 Å². The van der Waals surface area contributed by atoms with Gasteiger partial charge >= 0.3 is 0 Å². The number of hydrogen-bond donors (Lipinski definition) is 0. The molecule has 0 fully saturated rings. The SMILES string of the molecule is CSc1ncc(C#N)c(N(CCCO[Si](C)(C)C(C)(C)C)C(C)=O)n1. The van der Waals surface area contributed by atoms with Crippen LogP contribution in [0.1, 0.15) is 39.7 Å². The Hall–Kier alpha value is -1.43. The molecule has 138 valence electrons. The van der Waals surface area contributed by atoms with Crippen molar-refractivity contribution in [1.29, 1.82) is 5.26 Å². The summed E-state index contributed by atoms with van der Waals surface area (Å²) in [5.74, 6) is 0.233. The maximum absolute atomic E-state index is 12.1. The second-order valence-corrected chi connectivity index (χ2v) is 12.9. The van der Waals surface area contributed by atoms with Gasteiger partial charge in [0.1, 0.15) is 11.6 Å². The highest BCUT2D eigenvalue weighted by Gasteiger charge is 2.36. The minimum atomic E-state index is -1.80. The number of amides is 1. The van der Waals surface area contributed by atoms with Crippen molar-refractivity contribution in [3.63, 3.8) is 0 Å². The number of anilines is 1. The van der Waals surface area contributed by atoms with Crippen molar-refractivity contribution >= 4 is 31.8 Å². The fourth-order valence-electron chi connectivity index (χ4n) is 1.92. The molecular weight excluding hydrogens is 352 g/mol. The third-order valence-corrected chi connectivity index (χ3v) is 9.58. The molecule has 25 heavy (non-hydrogen) atoms. The number of aromatic nitrogens is 2. The molecule has 0 aliphatic rings. The van der Waals surface area contributed by atoms with Crippen LogP contribution in [0, 0.1) is 11.3 Å². The lowest BCUT2D eigenvalue weighted by molar-refractivity contribution is -0.116. The number of thioether (sulfide) groups is 1. The smallest absolute Gasteiger partial charge is 0.225 e. The van der Waals surface area contributed by atoms with Gasteiger partial charge in [-0.15, -0.1) is 0 Å². The molecule has 0 saturated carbocycles. The zero-order valence-electron chi connectivity index (χ0n) is 16.2. The van der Waals surface area contributed by atoms with Crippen LogP contribution >= 0.6 is 11.8 Å². The predicted octanol–water partition coefficient (Wildman–Crippen LogP) is 3.83. The fourth-order valence-corrected chi connectivity index (χ4v) is 3.34. The van der Waals surface area contributed by atoms with Crippen LogP contribution < -0.4 is 4.90 Å². The van der Waals surface area contributed by atoms with Crippen LogP contribution in [0.2, 0.25) is 18.1 Å². The van der Waals surface area contributed by atoms with Gasteiger partial charge in [-0.05, 0) is 30.8 Å². The highest BCUT2D eigenvalue weighted by Crippen LogP contribution is 2.36. The number of nitrogens with zero attached hydrogens (tertiary/aromatic N) is 4. The Balaban J connectivity index is 2.84. The van der Waals surface area contributed by atoms with Gasteiger partial charge in [0, 0.05) is 20.1 Å². The van der Waals surface area contributed by atoms with Crippen LogP contribution in [0.4, 0.5) is 5.82 Å². The van der Waals surface area contributed by atoms with Gasteiger partial charge in [0.15, 0.2) is 19.3 Å². The standard InChI is InChI=1S/C17H28N4O2SSi/c1-13(22)21(9-8-10-23-25(6,7)17(2,3)4)15-14(11-18)12-19-16(20-15)24-5/h12H,8-10H2,1-7H3. The highest BCUT2D eigenvalue weighted by molar-refractivity contribution is 7.98. The van der Waals surface area contributed by atoms with Gasteiger partial charge in [-0.1, -0.05) is 32.5 Å². The number of carbonyl (C=O) groups is 1.